The Balaban J connectivity index is 1.45. The molecule has 4 aliphatic rings. The highest BCUT2D eigenvalue weighted by Crippen LogP contribution is 2.67. The number of amides is 1. The molecule has 4 aliphatic carbocycles. The quantitative estimate of drug-likeness (QED) is 0.748. The SMILES string of the molecule is CC[C@@]12C[C@H]3C[C@@](O)(C1)C[C@@](C(=O)NCCc1cc(=O)[nH]c(C)n1)(C3)C2. The van der Waals surface area contributed by atoms with E-state index in [1.807, 2.05) is 0 Å². The molecule has 4 saturated carbocycles. The second kappa shape index (κ2) is 5.91. The van der Waals surface area contributed by atoms with E-state index in [1.54, 1.807) is 6.92 Å². The van der Waals surface area contributed by atoms with Crippen molar-refractivity contribution >= 4 is 5.91 Å². The summed E-state index contributed by atoms with van der Waals surface area (Å²) >= 11 is 0. The monoisotopic (exact) mass is 359 g/mol. The Hall–Kier alpha value is -1.69. The molecule has 6 heteroatoms. The lowest BCUT2D eigenvalue weighted by molar-refractivity contribution is -0.204. The number of nitrogens with zero attached hydrogens (tertiary/aromatic N) is 1. The third kappa shape index (κ3) is 2.98. The van der Waals surface area contributed by atoms with Crippen molar-refractivity contribution < 1.29 is 9.90 Å². The molecule has 0 spiro atoms. The standard InChI is InChI=1S/C20H29N3O3/c1-3-18-7-14-8-19(10-18,12-20(26,9-14)11-18)17(25)21-5-4-15-6-16(24)23-13(2)22-15/h6,14,26H,3-5,7-12H2,1-2H3,(H,21,25)(H,22,23,24)/t14-,18+,19-,20-/m1/s1. The molecule has 6 nitrogen and oxygen atoms in total. The van der Waals surface area contributed by atoms with Crippen LogP contribution in [0.2, 0.25) is 0 Å². The summed E-state index contributed by atoms with van der Waals surface area (Å²) in [4.78, 5) is 31.6. The third-order valence-electron chi connectivity index (χ3n) is 6.97. The minimum atomic E-state index is -0.655. The van der Waals surface area contributed by atoms with Gasteiger partial charge in [0.15, 0.2) is 0 Å². The Bertz CT molecular complexity index is 791. The molecule has 1 heterocycles. The van der Waals surface area contributed by atoms with Crippen molar-refractivity contribution in [2.75, 3.05) is 6.54 Å². The summed E-state index contributed by atoms with van der Waals surface area (Å²) in [5.41, 5.74) is -0.399. The Morgan fingerprint density at radius 1 is 1.35 bits per heavy atom. The molecule has 4 bridgehead atoms. The predicted molar refractivity (Wildman–Crippen MR) is 97.6 cm³/mol. The van der Waals surface area contributed by atoms with Gasteiger partial charge in [0.25, 0.3) is 5.56 Å². The topological polar surface area (TPSA) is 95.1 Å². The number of rotatable bonds is 5. The largest absolute Gasteiger partial charge is 0.390 e. The molecule has 0 unspecified atom stereocenters. The van der Waals surface area contributed by atoms with E-state index in [0.717, 1.165) is 38.5 Å². The number of nitrogens with one attached hydrogen (secondary N) is 2. The summed E-state index contributed by atoms with van der Waals surface area (Å²) in [5, 5.41) is 14.1. The zero-order valence-corrected chi connectivity index (χ0v) is 15.7. The fourth-order valence-corrected chi connectivity index (χ4v) is 6.49. The van der Waals surface area contributed by atoms with Crippen LogP contribution in [0.3, 0.4) is 0 Å². The van der Waals surface area contributed by atoms with Gasteiger partial charge >= 0.3 is 0 Å². The highest BCUT2D eigenvalue weighted by Gasteiger charge is 2.64. The highest BCUT2D eigenvalue weighted by atomic mass is 16.3. The number of hydrogen-bond donors (Lipinski definition) is 3. The van der Waals surface area contributed by atoms with Crippen molar-refractivity contribution in [3.05, 3.63) is 27.9 Å². The minimum absolute atomic E-state index is 0.0828. The van der Waals surface area contributed by atoms with E-state index >= 15 is 0 Å². The second-order valence-corrected chi connectivity index (χ2v) is 9.19. The summed E-state index contributed by atoms with van der Waals surface area (Å²) in [6.07, 6.45) is 6.88. The molecular formula is C20H29N3O3. The van der Waals surface area contributed by atoms with Crippen molar-refractivity contribution in [2.45, 2.75) is 70.8 Å². The molecule has 0 aliphatic heterocycles. The third-order valence-corrected chi connectivity index (χ3v) is 6.97. The Morgan fingerprint density at radius 2 is 2.15 bits per heavy atom. The minimum Gasteiger partial charge on any atom is -0.390 e. The van der Waals surface area contributed by atoms with Crippen molar-refractivity contribution in [1.29, 1.82) is 0 Å². The highest BCUT2D eigenvalue weighted by molar-refractivity contribution is 5.83. The van der Waals surface area contributed by atoms with Gasteiger partial charge in [0.2, 0.25) is 5.91 Å². The molecule has 26 heavy (non-hydrogen) atoms. The van der Waals surface area contributed by atoms with Crippen LogP contribution >= 0.6 is 0 Å². The number of H-pyrrole nitrogens is 1. The lowest BCUT2D eigenvalue weighted by Crippen LogP contribution is -2.63. The molecule has 0 saturated heterocycles. The average Bonchev–Trinajstić information content (AvgIpc) is 2.51. The van der Waals surface area contributed by atoms with Gasteiger partial charge in [-0.2, -0.15) is 0 Å². The molecule has 4 fully saturated rings. The van der Waals surface area contributed by atoms with Crippen LogP contribution in [0.1, 0.15) is 63.4 Å². The molecule has 4 atom stereocenters. The number of aliphatic hydroxyl groups is 1. The van der Waals surface area contributed by atoms with E-state index in [9.17, 15) is 14.7 Å². The average molecular weight is 359 g/mol. The van der Waals surface area contributed by atoms with Crippen LogP contribution in [0.15, 0.2) is 10.9 Å². The number of aryl methyl sites for hydroxylation is 1. The summed E-state index contributed by atoms with van der Waals surface area (Å²) < 4.78 is 0. The van der Waals surface area contributed by atoms with Crippen molar-refractivity contribution in [2.24, 2.45) is 16.7 Å². The number of carbonyl (C=O) groups is 1. The molecule has 1 aromatic heterocycles. The zero-order chi connectivity index (χ0) is 18.6. The maximum absolute atomic E-state index is 13.1. The molecule has 1 amide bonds. The fraction of sp³-hybridized carbons (Fsp3) is 0.750. The van der Waals surface area contributed by atoms with E-state index in [2.05, 4.69) is 22.2 Å². The first-order chi connectivity index (χ1) is 12.3. The van der Waals surface area contributed by atoms with Gasteiger partial charge in [0.1, 0.15) is 5.82 Å². The lowest BCUT2D eigenvalue weighted by atomic mass is 9.42. The van der Waals surface area contributed by atoms with Gasteiger partial charge in [0, 0.05) is 24.7 Å². The van der Waals surface area contributed by atoms with Gasteiger partial charge in [-0.15, -0.1) is 0 Å². The van der Waals surface area contributed by atoms with E-state index in [0.29, 0.717) is 36.8 Å². The molecular weight excluding hydrogens is 330 g/mol. The van der Waals surface area contributed by atoms with Gasteiger partial charge in [-0.25, -0.2) is 4.98 Å². The van der Waals surface area contributed by atoms with Crippen LogP contribution in [0.4, 0.5) is 0 Å². The van der Waals surface area contributed by atoms with E-state index in [4.69, 9.17) is 0 Å². The normalized spacial score (nSPS) is 37.7. The zero-order valence-electron chi connectivity index (χ0n) is 15.7. The maximum atomic E-state index is 13.1. The van der Waals surface area contributed by atoms with Gasteiger partial charge < -0.3 is 15.4 Å². The first kappa shape index (κ1) is 17.7. The lowest BCUT2D eigenvalue weighted by Gasteiger charge is -2.64. The van der Waals surface area contributed by atoms with Gasteiger partial charge in [-0.3, -0.25) is 9.59 Å². The van der Waals surface area contributed by atoms with Gasteiger partial charge in [0.05, 0.1) is 11.0 Å². The summed E-state index contributed by atoms with van der Waals surface area (Å²) in [6, 6.07) is 1.48. The van der Waals surface area contributed by atoms with Gasteiger partial charge in [-0.1, -0.05) is 13.3 Å². The summed E-state index contributed by atoms with van der Waals surface area (Å²) in [7, 11) is 0. The van der Waals surface area contributed by atoms with Crippen LogP contribution in [0, 0.1) is 23.7 Å². The van der Waals surface area contributed by atoms with E-state index in [-0.39, 0.29) is 16.9 Å². The first-order valence-electron chi connectivity index (χ1n) is 9.83. The van der Waals surface area contributed by atoms with Crippen molar-refractivity contribution in [3.63, 3.8) is 0 Å². The molecule has 5 rings (SSSR count). The van der Waals surface area contributed by atoms with Gasteiger partial charge in [-0.05, 0) is 56.8 Å². The Kier molecular flexibility index (Phi) is 4.03. The molecule has 3 N–H and O–H groups in total. The molecule has 1 aromatic rings. The number of hydrogen-bond acceptors (Lipinski definition) is 4. The molecule has 142 valence electrons. The number of carbonyl (C=O) groups excluding carboxylic acids is 1. The summed E-state index contributed by atoms with van der Waals surface area (Å²) in [5.74, 6) is 1.14. The Labute approximate surface area is 153 Å². The van der Waals surface area contributed by atoms with Crippen LogP contribution in [-0.2, 0) is 11.2 Å². The summed E-state index contributed by atoms with van der Waals surface area (Å²) in [6.45, 7) is 4.42. The van der Waals surface area contributed by atoms with Crippen molar-refractivity contribution in [3.8, 4) is 0 Å². The van der Waals surface area contributed by atoms with Crippen LogP contribution in [0.5, 0.6) is 0 Å². The van der Waals surface area contributed by atoms with E-state index in [1.165, 1.54) is 6.07 Å². The van der Waals surface area contributed by atoms with Crippen LogP contribution in [0.25, 0.3) is 0 Å². The number of aromatic amines is 1. The van der Waals surface area contributed by atoms with Crippen molar-refractivity contribution in [1.82, 2.24) is 15.3 Å². The fourth-order valence-electron chi connectivity index (χ4n) is 6.49. The smallest absolute Gasteiger partial charge is 0.251 e. The maximum Gasteiger partial charge on any atom is 0.251 e. The molecule has 0 radical (unpaired) electrons. The van der Waals surface area contributed by atoms with E-state index < -0.39 is 11.0 Å². The second-order valence-electron chi connectivity index (χ2n) is 9.19. The Morgan fingerprint density at radius 3 is 2.85 bits per heavy atom. The molecule has 0 aromatic carbocycles. The van der Waals surface area contributed by atoms with Crippen LogP contribution < -0.4 is 10.9 Å². The first-order valence-corrected chi connectivity index (χ1v) is 9.83. The van der Waals surface area contributed by atoms with Crippen LogP contribution in [-0.4, -0.2) is 33.1 Å². The predicted octanol–water partition coefficient (Wildman–Crippen LogP) is 1.85. The number of aromatic nitrogens is 2.